The highest BCUT2D eigenvalue weighted by Crippen LogP contribution is 2.26. The number of rotatable bonds is 1. The van der Waals surface area contributed by atoms with Gasteiger partial charge in [0.15, 0.2) is 0 Å². The fourth-order valence-corrected chi connectivity index (χ4v) is 1.75. The Hall–Kier alpha value is -2.09. The van der Waals surface area contributed by atoms with E-state index in [4.69, 9.17) is 4.42 Å². The summed E-state index contributed by atoms with van der Waals surface area (Å²) in [5.74, 6) is 0. The van der Waals surface area contributed by atoms with Crippen molar-refractivity contribution in [2.45, 2.75) is 0 Å². The molecule has 0 spiro atoms. The van der Waals surface area contributed by atoms with Crippen molar-refractivity contribution < 1.29 is 4.42 Å². The van der Waals surface area contributed by atoms with Crippen LogP contribution in [0.5, 0.6) is 0 Å². The van der Waals surface area contributed by atoms with Crippen LogP contribution < -0.4 is 0 Å². The summed E-state index contributed by atoms with van der Waals surface area (Å²) in [5, 5.41) is 2.35. The van der Waals surface area contributed by atoms with E-state index in [9.17, 15) is 0 Å². The summed E-state index contributed by atoms with van der Waals surface area (Å²) < 4.78 is 5.08. The number of hydrogen-bond donors (Lipinski definition) is 0. The van der Waals surface area contributed by atoms with E-state index >= 15 is 0 Å². The van der Waals surface area contributed by atoms with E-state index in [0.717, 1.165) is 16.6 Å². The Balaban J connectivity index is 2.36. The molecule has 3 rings (SSSR count). The monoisotopic (exact) mass is 195 g/mol. The van der Waals surface area contributed by atoms with Crippen LogP contribution in [0.4, 0.5) is 0 Å². The van der Waals surface area contributed by atoms with Crippen LogP contribution in [0, 0.1) is 0 Å². The summed E-state index contributed by atoms with van der Waals surface area (Å²) in [6.07, 6.45) is 5.21. The third-order valence-corrected chi connectivity index (χ3v) is 2.47. The molecule has 0 saturated heterocycles. The van der Waals surface area contributed by atoms with Crippen molar-refractivity contribution in [3.63, 3.8) is 0 Å². The molecule has 0 saturated carbocycles. The summed E-state index contributed by atoms with van der Waals surface area (Å²) >= 11 is 0. The van der Waals surface area contributed by atoms with Gasteiger partial charge < -0.3 is 4.42 Å². The van der Waals surface area contributed by atoms with E-state index in [0.29, 0.717) is 0 Å². The summed E-state index contributed by atoms with van der Waals surface area (Å²) in [4.78, 5) is 4.39. The molecule has 3 aromatic rings. The van der Waals surface area contributed by atoms with Gasteiger partial charge in [0.25, 0.3) is 0 Å². The van der Waals surface area contributed by atoms with Gasteiger partial charge in [-0.3, -0.25) is 4.98 Å². The molecule has 0 fully saturated rings. The Labute approximate surface area is 87.2 Å². The highest BCUT2D eigenvalue weighted by Gasteiger charge is 2.04. The lowest BCUT2D eigenvalue weighted by Crippen LogP contribution is -1.83. The van der Waals surface area contributed by atoms with Crippen molar-refractivity contribution in [2.75, 3.05) is 0 Å². The number of furan rings is 1. The van der Waals surface area contributed by atoms with E-state index < -0.39 is 0 Å². The van der Waals surface area contributed by atoms with Crippen LogP contribution in [0.25, 0.3) is 22.0 Å². The lowest BCUT2D eigenvalue weighted by Gasteiger charge is -2.02. The molecule has 15 heavy (non-hydrogen) atoms. The minimum Gasteiger partial charge on any atom is -0.472 e. The number of hydrogen-bond acceptors (Lipinski definition) is 2. The molecule has 0 N–H and O–H groups in total. The average molecular weight is 195 g/mol. The first-order chi connectivity index (χ1) is 7.45. The normalized spacial score (nSPS) is 10.7. The quantitative estimate of drug-likeness (QED) is 0.594. The maximum absolute atomic E-state index is 5.08. The van der Waals surface area contributed by atoms with Crippen LogP contribution in [0.2, 0.25) is 0 Å². The van der Waals surface area contributed by atoms with E-state index in [1.807, 2.05) is 30.5 Å². The Bertz CT molecular complexity index is 579. The Morgan fingerprint density at radius 1 is 1.00 bits per heavy atom. The molecule has 0 aliphatic rings. The lowest BCUT2D eigenvalue weighted by molar-refractivity contribution is 0.568. The zero-order chi connectivity index (χ0) is 10.1. The summed E-state index contributed by atoms with van der Waals surface area (Å²) in [6.45, 7) is 0. The number of nitrogens with zero attached hydrogens (tertiary/aromatic N) is 1. The predicted octanol–water partition coefficient (Wildman–Crippen LogP) is 3.49. The van der Waals surface area contributed by atoms with Gasteiger partial charge in [0.2, 0.25) is 0 Å². The molecule has 2 heterocycles. The molecule has 0 radical (unpaired) electrons. The first kappa shape index (κ1) is 8.24. The third kappa shape index (κ3) is 1.31. The minimum absolute atomic E-state index is 0.974. The van der Waals surface area contributed by atoms with Crippen molar-refractivity contribution >= 4 is 10.8 Å². The van der Waals surface area contributed by atoms with Gasteiger partial charge in [-0.15, -0.1) is 0 Å². The lowest BCUT2D eigenvalue weighted by atomic mass is 10.1. The third-order valence-electron chi connectivity index (χ3n) is 2.47. The molecule has 2 aromatic heterocycles. The predicted molar refractivity (Wildman–Crippen MR) is 59.4 cm³/mol. The fraction of sp³-hybridized carbons (Fsp3) is 0. The van der Waals surface area contributed by atoms with Gasteiger partial charge in [-0.05, 0) is 17.5 Å². The van der Waals surface area contributed by atoms with Crippen molar-refractivity contribution in [2.24, 2.45) is 0 Å². The second-order valence-corrected chi connectivity index (χ2v) is 3.39. The summed E-state index contributed by atoms with van der Waals surface area (Å²) in [7, 11) is 0. The SMILES string of the molecule is c1ccc2c(-c3ccoc3)nccc2c1. The zero-order valence-electron chi connectivity index (χ0n) is 8.05. The van der Waals surface area contributed by atoms with E-state index in [-0.39, 0.29) is 0 Å². The van der Waals surface area contributed by atoms with Gasteiger partial charge in [0.05, 0.1) is 18.2 Å². The molecule has 2 heteroatoms. The highest BCUT2D eigenvalue weighted by atomic mass is 16.3. The molecular weight excluding hydrogens is 186 g/mol. The molecule has 0 atom stereocenters. The van der Waals surface area contributed by atoms with Crippen LogP contribution in [-0.4, -0.2) is 4.98 Å². The number of fused-ring (bicyclic) bond motifs is 1. The van der Waals surface area contributed by atoms with Gasteiger partial charge in [0, 0.05) is 17.1 Å². The largest absolute Gasteiger partial charge is 0.472 e. The van der Waals surface area contributed by atoms with Crippen molar-refractivity contribution in [1.29, 1.82) is 0 Å². The van der Waals surface area contributed by atoms with Gasteiger partial charge >= 0.3 is 0 Å². The number of aromatic nitrogens is 1. The summed E-state index contributed by atoms with van der Waals surface area (Å²) in [5.41, 5.74) is 1.99. The van der Waals surface area contributed by atoms with Crippen molar-refractivity contribution in [3.8, 4) is 11.3 Å². The topological polar surface area (TPSA) is 26.0 Å². The highest BCUT2D eigenvalue weighted by molar-refractivity contribution is 5.94. The van der Waals surface area contributed by atoms with Crippen LogP contribution >= 0.6 is 0 Å². The first-order valence-electron chi connectivity index (χ1n) is 4.81. The molecule has 0 aliphatic carbocycles. The molecule has 0 aliphatic heterocycles. The second kappa shape index (κ2) is 3.24. The Morgan fingerprint density at radius 3 is 2.80 bits per heavy atom. The van der Waals surface area contributed by atoms with E-state index in [1.165, 1.54) is 5.39 Å². The molecule has 0 bridgehead atoms. The smallest absolute Gasteiger partial charge is 0.0996 e. The molecule has 0 unspecified atom stereocenters. The molecular formula is C13H9NO. The zero-order valence-corrected chi connectivity index (χ0v) is 8.05. The van der Waals surface area contributed by atoms with Crippen molar-refractivity contribution in [1.82, 2.24) is 4.98 Å². The first-order valence-corrected chi connectivity index (χ1v) is 4.81. The van der Waals surface area contributed by atoms with Gasteiger partial charge in [0.1, 0.15) is 0 Å². The molecule has 1 aromatic carbocycles. The number of pyridine rings is 1. The maximum atomic E-state index is 5.08. The van der Waals surface area contributed by atoms with Crippen LogP contribution in [0.1, 0.15) is 0 Å². The Kier molecular flexibility index (Phi) is 1.78. The molecule has 72 valence electrons. The van der Waals surface area contributed by atoms with E-state index in [1.54, 1.807) is 12.5 Å². The van der Waals surface area contributed by atoms with Gasteiger partial charge in [-0.1, -0.05) is 24.3 Å². The fourth-order valence-electron chi connectivity index (χ4n) is 1.75. The van der Waals surface area contributed by atoms with Crippen LogP contribution in [-0.2, 0) is 0 Å². The standard InChI is InChI=1S/C13H9NO/c1-2-4-12-10(3-1)5-7-14-13(12)11-6-8-15-9-11/h1-9H. The van der Waals surface area contributed by atoms with Crippen molar-refractivity contribution in [3.05, 3.63) is 55.1 Å². The van der Waals surface area contributed by atoms with Crippen LogP contribution in [0.15, 0.2) is 59.5 Å². The Morgan fingerprint density at radius 2 is 1.93 bits per heavy atom. The van der Waals surface area contributed by atoms with Gasteiger partial charge in [-0.2, -0.15) is 0 Å². The van der Waals surface area contributed by atoms with Crippen LogP contribution in [0.3, 0.4) is 0 Å². The van der Waals surface area contributed by atoms with Gasteiger partial charge in [-0.25, -0.2) is 0 Å². The summed E-state index contributed by atoms with van der Waals surface area (Å²) in [6, 6.07) is 12.1. The second-order valence-electron chi connectivity index (χ2n) is 3.39. The minimum atomic E-state index is 0.974. The molecule has 2 nitrogen and oxygen atoms in total. The average Bonchev–Trinajstić information content (AvgIpc) is 2.82. The molecule has 0 amide bonds. The number of benzene rings is 1. The van der Waals surface area contributed by atoms with E-state index in [2.05, 4.69) is 17.1 Å². The maximum Gasteiger partial charge on any atom is 0.0996 e.